The largest absolute Gasteiger partial charge is 0.289 e. The SMILES string of the molecule is CC(C)(/C=C1\C(=O)c2cc(Cl)c(Cl)cc2C1=C(C#N)C#N)/C=C/C(C)(C)c1cc2sc3c(c2s1)C(I)(I)c1c-3sc2c3c(sc12)-c1sc2cc(C(C)(C)/C=C/C(C)(C)/C=C4\C(=O)c5cc(Cl)c(Cl)cc5C4=C(C#N)C#N)sc2c1C3(I)I. The number of Topliss-reactive ketones (excluding diaryl/α,β-unsaturated/α-hetero) is 2. The van der Waals surface area contributed by atoms with Crippen molar-refractivity contribution in [3.8, 4) is 43.8 Å². The molecule has 4 aliphatic carbocycles. The van der Waals surface area contributed by atoms with Crippen LogP contribution in [0.2, 0.25) is 20.1 Å². The minimum Gasteiger partial charge on any atom is -0.289 e. The van der Waals surface area contributed by atoms with E-state index in [0.29, 0.717) is 22.3 Å². The molecule has 6 heterocycles. The van der Waals surface area contributed by atoms with Crippen molar-refractivity contribution in [2.45, 2.75) is 69.1 Å². The number of fused-ring (bicyclic) bond motifs is 15. The topological polar surface area (TPSA) is 129 Å². The van der Waals surface area contributed by atoms with Crippen LogP contribution < -0.4 is 0 Å². The predicted molar refractivity (Wildman–Crippen MR) is 381 cm³/mol. The number of ketones is 2. The van der Waals surface area contributed by atoms with Crippen LogP contribution in [0, 0.1) is 56.2 Å². The van der Waals surface area contributed by atoms with Gasteiger partial charge in [0.05, 0.1) is 58.4 Å². The Bertz CT molecular complexity index is 4410. The highest BCUT2D eigenvalue weighted by Crippen LogP contribution is 2.73. The molecule has 408 valence electrons. The summed E-state index contributed by atoms with van der Waals surface area (Å²) < 4.78 is 7.38. The third kappa shape index (κ3) is 9.17. The van der Waals surface area contributed by atoms with Crippen LogP contribution in [0.25, 0.3) is 58.9 Å². The van der Waals surface area contributed by atoms with Crippen LogP contribution in [0.3, 0.4) is 0 Å². The fourth-order valence-corrected chi connectivity index (χ4v) is 28.0. The van der Waals surface area contributed by atoms with Gasteiger partial charge in [0.1, 0.15) is 38.3 Å². The highest BCUT2D eigenvalue weighted by atomic mass is 127. The lowest BCUT2D eigenvalue weighted by Gasteiger charge is -2.23. The summed E-state index contributed by atoms with van der Waals surface area (Å²) in [5.41, 5.74) is 5.90. The van der Waals surface area contributed by atoms with E-state index in [9.17, 15) is 30.6 Å². The lowest BCUT2D eigenvalue weighted by Crippen LogP contribution is -2.14. The molecule has 0 bridgehead atoms. The van der Waals surface area contributed by atoms with Crippen molar-refractivity contribution in [1.29, 1.82) is 21.0 Å². The first-order valence-electron chi connectivity index (χ1n) is 25.0. The monoisotopic (exact) mass is 1710 g/mol. The van der Waals surface area contributed by atoms with Gasteiger partial charge in [0, 0.05) is 96.5 Å². The first kappa shape index (κ1) is 59.6. The second kappa shape index (κ2) is 20.4. The number of rotatable bonds is 8. The van der Waals surface area contributed by atoms with Crippen molar-refractivity contribution in [2.75, 3.05) is 0 Å². The second-order valence-corrected chi connectivity index (χ2v) is 41.2. The zero-order valence-corrected chi connectivity index (χ0v) is 60.6. The van der Waals surface area contributed by atoms with Crippen LogP contribution in [-0.2, 0) is 13.7 Å². The number of carbonyl (C=O) groups is 2. The summed E-state index contributed by atoms with van der Waals surface area (Å²) in [4.78, 5) is 35.7. The number of allylic oxidation sites excluding steroid dienone is 12. The summed E-state index contributed by atoms with van der Waals surface area (Å²) in [6.07, 6.45) is 12.3. The molecule has 0 aliphatic heterocycles. The molecule has 0 unspecified atom stereocenters. The zero-order valence-electron chi connectivity index (χ0n) is 44.0. The summed E-state index contributed by atoms with van der Waals surface area (Å²) >= 11 is 47.6. The molecule has 0 spiro atoms. The molecule has 0 radical (unpaired) electrons. The Morgan fingerprint density at radius 1 is 0.451 bits per heavy atom. The van der Waals surface area contributed by atoms with Gasteiger partial charge in [-0.3, -0.25) is 9.59 Å². The van der Waals surface area contributed by atoms with Crippen LogP contribution in [0.4, 0.5) is 0 Å². The lowest BCUT2D eigenvalue weighted by atomic mass is 9.83. The van der Waals surface area contributed by atoms with E-state index in [1.807, 2.05) is 132 Å². The van der Waals surface area contributed by atoms with E-state index in [1.54, 1.807) is 12.1 Å². The standard InChI is InChI=1S/C62H36Cl4I4N4O2S6/c1-57(2,19-31-41(25(21-71)22-72)27-13-33(63)35(65)15-29(27)47(31)75)9-11-59(5,6)39-17-37-49(79-39)43-51(77-37)53-45(61(43,67)68)55-56(81-53)46-54(82-55)52-44(62(46,69)70)50-38(78-52)18-40(80-50)60(7,8)12-10-58(3,4)20-32-42(26(23-73)24-74)28-14-34(64)36(66)16-30(28)48(32)76/h9-20H,1-8H3/b11-9+,12-10+,31-19-,32-20-. The smallest absolute Gasteiger partial charge is 0.194 e. The van der Waals surface area contributed by atoms with Gasteiger partial charge in [0.2, 0.25) is 0 Å². The zero-order chi connectivity index (χ0) is 59.0. The molecule has 0 atom stereocenters. The number of nitriles is 4. The lowest BCUT2D eigenvalue weighted by molar-refractivity contribution is 0.103. The number of hydrogen-bond acceptors (Lipinski definition) is 12. The average molecular weight is 1710 g/mol. The third-order valence-electron chi connectivity index (χ3n) is 15.2. The molecule has 0 N–H and O–H groups in total. The Balaban J connectivity index is 0.826. The van der Waals surface area contributed by atoms with Gasteiger partial charge in [-0.1, -0.05) is 229 Å². The molecule has 0 fully saturated rings. The van der Waals surface area contributed by atoms with Crippen LogP contribution in [-0.4, -0.2) is 11.6 Å². The van der Waals surface area contributed by atoms with Crippen LogP contribution in [0.5, 0.6) is 0 Å². The number of benzene rings is 2. The Morgan fingerprint density at radius 3 is 1.09 bits per heavy atom. The maximum Gasteiger partial charge on any atom is 0.194 e. The maximum atomic E-state index is 13.9. The molecule has 8 aromatic rings. The molecular formula is C62H36Cl4I4N4O2S6. The predicted octanol–water partition coefficient (Wildman–Crippen LogP) is 23.2. The Morgan fingerprint density at radius 2 is 0.756 bits per heavy atom. The van der Waals surface area contributed by atoms with E-state index < -0.39 is 10.8 Å². The summed E-state index contributed by atoms with van der Waals surface area (Å²) in [6, 6.07) is 18.8. The number of carbonyl (C=O) groups excluding carboxylic acids is 2. The van der Waals surface area contributed by atoms with Crippen molar-refractivity contribution < 1.29 is 9.59 Å². The van der Waals surface area contributed by atoms with Gasteiger partial charge in [-0.15, -0.1) is 68.0 Å². The quantitative estimate of drug-likeness (QED) is 0.0490. The van der Waals surface area contributed by atoms with Gasteiger partial charge >= 0.3 is 0 Å². The van der Waals surface area contributed by atoms with Crippen molar-refractivity contribution >= 4 is 256 Å². The van der Waals surface area contributed by atoms with Crippen LogP contribution in [0.15, 0.2) is 95.1 Å². The van der Waals surface area contributed by atoms with E-state index in [-0.39, 0.29) is 78.8 Å². The average Bonchev–Trinajstić information content (AvgIpc) is 1.57. The van der Waals surface area contributed by atoms with Gasteiger partial charge in [-0.05, 0) is 47.5 Å². The first-order chi connectivity index (χ1) is 38.4. The number of thiophene rings is 6. The summed E-state index contributed by atoms with van der Waals surface area (Å²) in [5.74, 6) is -0.599. The molecule has 0 amide bonds. The van der Waals surface area contributed by atoms with E-state index in [1.165, 1.54) is 91.8 Å². The van der Waals surface area contributed by atoms with Gasteiger partial charge in [0.25, 0.3) is 0 Å². The Hall–Kier alpha value is -2.76. The highest BCUT2D eigenvalue weighted by Gasteiger charge is 2.52. The highest BCUT2D eigenvalue weighted by molar-refractivity contribution is 14.2. The normalized spacial score (nSPS) is 17.1. The minimum absolute atomic E-state index is 0.155. The van der Waals surface area contributed by atoms with E-state index >= 15 is 0 Å². The van der Waals surface area contributed by atoms with E-state index in [0.717, 1.165) is 0 Å². The van der Waals surface area contributed by atoms with Crippen LogP contribution >= 0.6 is 205 Å². The van der Waals surface area contributed by atoms with E-state index in [4.69, 9.17) is 46.4 Å². The Labute approximate surface area is 571 Å². The van der Waals surface area contributed by atoms with Crippen molar-refractivity contribution in [3.63, 3.8) is 0 Å². The van der Waals surface area contributed by atoms with Crippen molar-refractivity contribution in [2.24, 2.45) is 10.8 Å². The van der Waals surface area contributed by atoms with Gasteiger partial charge in [-0.2, -0.15) is 21.0 Å². The molecule has 12 rings (SSSR count). The van der Waals surface area contributed by atoms with E-state index in [2.05, 4.69) is 154 Å². The summed E-state index contributed by atoms with van der Waals surface area (Å²) in [6.45, 7) is 16.9. The molecule has 20 heteroatoms. The van der Waals surface area contributed by atoms with Crippen molar-refractivity contribution in [3.05, 3.63) is 169 Å². The minimum atomic E-state index is -0.643. The summed E-state index contributed by atoms with van der Waals surface area (Å²) in [5, 5.41) is 40.7. The molecular weight excluding hydrogens is 1670 g/mol. The molecule has 0 saturated heterocycles. The molecule has 0 saturated carbocycles. The first-order valence-corrected chi connectivity index (χ1v) is 35.7. The van der Waals surface area contributed by atoms with Gasteiger partial charge in [0.15, 0.2) is 11.6 Å². The number of hydrogen-bond donors (Lipinski definition) is 0. The fraction of sp³-hybridized carbons (Fsp3) is 0.226. The number of nitrogens with zero attached hydrogens (tertiary/aromatic N) is 4. The molecule has 6 nitrogen and oxygen atoms in total. The molecule has 82 heavy (non-hydrogen) atoms. The number of alkyl halides is 4. The molecule has 4 aliphatic rings. The molecule has 6 aromatic heterocycles. The Kier molecular flexibility index (Phi) is 14.8. The van der Waals surface area contributed by atoms with Gasteiger partial charge < -0.3 is 0 Å². The summed E-state index contributed by atoms with van der Waals surface area (Å²) in [7, 11) is 0. The van der Waals surface area contributed by atoms with Gasteiger partial charge in [-0.25, -0.2) is 0 Å². The molecule has 2 aromatic carbocycles. The fourth-order valence-electron chi connectivity index (χ4n) is 11.0. The third-order valence-corrected chi connectivity index (χ3v) is 29.4. The number of halogens is 8. The van der Waals surface area contributed by atoms with Crippen molar-refractivity contribution in [1.82, 2.24) is 0 Å². The van der Waals surface area contributed by atoms with Crippen LogP contribution in [0.1, 0.15) is 119 Å². The maximum absolute atomic E-state index is 13.9. The second-order valence-electron chi connectivity index (χ2n) is 22.7.